The van der Waals surface area contributed by atoms with Crippen LogP contribution >= 0.6 is 0 Å². The zero-order chi connectivity index (χ0) is 16.1. The summed E-state index contributed by atoms with van der Waals surface area (Å²) in [5, 5.41) is 2.75. The first-order chi connectivity index (χ1) is 10.5. The first-order valence-corrected chi connectivity index (χ1v) is 6.90. The number of nitrogens with one attached hydrogen (secondary N) is 1. The molecule has 0 fully saturated rings. The lowest BCUT2D eigenvalue weighted by molar-refractivity contribution is 0.0526. The third-order valence-electron chi connectivity index (χ3n) is 3.00. The average Bonchev–Trinajstić information content (AvgIpc) is 2.48. The highest BCUT2D eigenvalue weighted by atomic mass is 16.5. The molecule has 2 rings (SSSR count). The SMILES string of the molecule is CCOC(=O)c1ccc(NC(=O)c2cnc(C)nc2C)cc1. The number of esters is 1. The minimum Gasteiger partial charge on any atom is -0.462 e. The van der Waals surface area contributed by atoms with Crippen molar-refractivity contribution in [3.05, 3.63) is 53.1 Å². The smallest absolute Gasteiger partial charge is 0.338 e. The Morgan fingerprint density at radius 1 is 1.18 bits per heavy atom. The van der Waals surface area contributed by atoms with E-state index in [1.165, 1.54) is 6.20 Å². The quantitative estimate of drug-likeness (QED) is 0.877. The average molecular weight is 299 g/mol. The predicted octanol–water partition coefficient (Wildman–Crippen LogP) is 2.52. The second-order valence-corrected chi connectivity index (χ2v) is 4.67. The van der Waals surface area contributed by atoms with E-state index < -0.39 is 0 Å². The van der Waals surface area contributed by atoms with Crippen LogP contribution in [0.3, 0.4) is 0 Å². The topological polar surface area (TPSA) is 81.2 Å². The van der Waals surface area contributed by atoms with Crippen LogP contribution in [0, 0.1) is 13.8 Å². The third-order valence-corrected chi connectivity index (χ3v) is 3.00. The predicted molar refractivity (Wildman–Crippen MR) is 81.9 cm³/mol. The molecule has 0 atom stereocenters. The Morgan fingerprint density at radius 3 is 2.45 bits per heavy atom. The summed E-state index contributed by atoms with van der Waals surface area (Å²) < 4.78 is 4.90. The van der Waals surface area contributed by atoms with E-state index in [0.29, 0.717) is 34.9 Å². The Morgan fingerprint density at radius 2 is 1.86 bits per heavy atom. The molecule has 114 valence electrons. The fourth-order valence-corrected chi connectivity index (χ4v) is 1.91. The zero-order valence-corrected chi connectivity index (χ0v) is 12.7. The van der Waals surface area contributed by atoms with Crippen molar-refractivity contribution in [2.75, 3.05) is 11.9 Å². The van der Waals surface area contributed by atoms with Crippen molar-refractivity contribution < 1.29 is 14.3 Å². The number of carbonyl (C=O) groups excluding carboxylic acids is 2. The van der Waals surface area contributed by atoms with Crippen molar-refractivity contribution in [2.24, 2.45) is 0 Å². The van der Waals surface area contributed by atoms with Gasteiger partial charge in [-0.15, -0.1) is 0 Å². The second-order valence-electron chi connectivity index (χ2n) is 4.67. The van der Waals surface area contributed by atoms with Gasteiger partial charge in [-0.1, -0.05) is 0 Å². The molecule has 0 aliphatic rings. The maximum Gasteiger partial charge on any atom is 0.338 e. The van der Waals surface area contributed by atoms with E-state index in [0.717, 1.165) is 0 Å². The van der Waals surface area contributed by atoms with Crippen molar-refractivity contribution in [2.45, 2.75) is 20.8 Å². The van der Waals surface area contributed by atoms with Gasteiger partial charge < -0.3 is 10.1 Å². The molecule has 6 nitrogen and oxygen atoms in total. The number of carbonyl (C=O) groups is 2. The van der Waals surface area contributed by atoms with Crippen LogP contribution in [0.5, 0.6) is 0 Å². The molecule has 2 aromatic rings. The molecule has 1 heterocycles. The number of aromatic nitrogens is 2. The van der Waals surface area contributed by atoms with Crippen LogP contribution in [-0.2, 0) is 4.74 Å². The molecule has 1 aromatic heterocycles. The van der Waals surface area contributed by atoms with E-state index in [9.17, 15) is 9.59 Å². The molecule has 1 N–H and O–H groups in total. The summed E-state index contributed by atoms with van der Waals surface area (Å²) in [7, 11) is 0. The lowest BCUT2D eigenvalue weighted by atomic mass is 10.2. The molecule has 0 saturated heterocycles. The van der Waals surface area contributed by atoms with Gasteiger partial charge in [0.2, 0.25) is 0 Å². The Labute approximate surface area is 128 Å². The van der Waals surface area contributed by atoms with E-state index in [2.05, 4.69) is 15.3 Å². The molecule has 1 aromatic carbocycles. The molecule has 0 unspecified atom stereocenters. The molecule has 0 spiro atoms. The third kappa shape index (κ3) is 3.66. The molecule has 22 heavy (non-hydrogen) atoms. The molecule has 0 aliphatic carbocycles. The van der Waals surface area contributed by atoms with E-state index in [1.54, 1.807) is 45.0 Å². The highest BCUT2D eigenvalue weighted by Crippen LogP contribution is 2.13. The van der Waals surface area contributed by atoms with Gasteiger partial charge in [0.05, 0.1) is 23.4 Å². The first-order valence-electron chi connectivity index (χ1n) is 6.90. The normalized spacial score (nSPS) is 10.1. The van der Waals surface area contributed by atoms with Crippen molar-refractivity contribution >= 4 is 17.6 Å². The summed E-state index contributed by atoms with van der Waals surface area (Å²) in [6.07, 6.45) is 1.50. The van der Waals surface area contributed by atoms with Gasteiger partial charge in [-0.3, -0.25) is 4.79 Å². The Kier molecular flexibility index (Phi) is 4.83. The van der Waals surface area contributed by atoms with Crippen molar-refractivity contribution in [1.82, 2.24) is 9.97 Å². The number of aryl methyl sites for hydroxylation is 2. The van der Waals surface area contributed by atoms with Gasteiger partial charge in [-0.2, -0.15) is 0 Å². The molecule has 6 heteroatoms. The first kappa shape index (κ1) is 15.6. The molecular formula is C16H17N3O3. The van der Waals surface area contributed by atoms with E-state index in [4.69, 9.17) is 4.74 Å². The highest BCUT2D eigenvalue weighted by molar-refractivity contribution is 6.05. The lowest BCUT2D eigenvalue weighted by Crippen LogP contribution is -2.15. The maximum absolute atomic E-state index is 12.2. The summed E-state index contributed by atoms with van der Waals surface area (Å²) >= 11 is 0. The van der Waals surface area contributed by atoms with E-state index in [1.807, 2.05) is 0 Å². The fraction of sp³-hybridized carbons (Fsp3) is 0.250. The van der Waals surface area contributed by atoms with Gasteiger partial charge in [-0.25, -0.2) is 14.8 Å². The van der Waals surface area contributed by atoms with E-state index >= 15 is 0 Å². The molecular weight excluding hydrogens is 282 g/mol. The van der Waals surface area contributed by atoms with Gasteiger partial charge in [0.1, 0.15) is 5.82 Å². The Balaban J connectivity index is 2.10. The van der Waals surface area contributed by atoms with Crippen LogP contribution in [0.15, 0.2) is 30.5 Å². The fourth-order valence-electron chi connectivity index (χ4n) is 1.91. The molecule has 0 aliphatic heterocycles. The monoisotopic (exact) mass is 299 g/mol. The summed E-state index contributed by atoms with van der Waals surface area (Å²) in [6, 6.07) is 6.50. The van der Waals surface area contributed by atoms with Gasteiger partial charge in [-0.05, 0) is 45.0 Å². The van der Waals surface area contributed by atoms with Crippen LogP contribution in [0.2, 0.25) is 0 Å². The largest absolute Gasteiger partial charge is 0.462 e. The summed E-state index contributed by atoms with van der Waals surface area (Å²) in [5.41, 5.74) is 2.06. The minimum atomic E-state index is -0.386. The standard InChI is InChI=1S/C16H17N3O3/c1-4-22-16(21)12-5-7-13(8-6-12)19-15(20)14-9-17-11(3)18-10(14)2/h5-9H,4H2,1-3H3,(H,19,20). The molecule has 0 bridgehead atoms. The number of nitrogens with zero attached hydrogens (tertiary/aromatic N) is 2. The number of hydrogen-bond acceptors (Lipinski definition) is 5. The van der Waals surface area contributed by atoms with Crippen LogP contribution in [0.4, 0.5) is 5.69 Å². The van der Waals surface area contributed by atoms with Gasteiger partial charge >= 0.3 is 5.97 Å². The van der Waals surface area contributed by atoms with Crippen molar-refractivity contribution in [1.29, 1.82) is 0 Å². The van der Waals surface area contributed by atoms with E-state index in [-0.39, 0.29) is 11.9 Å². The van der Waals surface area contributed by atoms with Crippen molar-refractivity contribution in [3.63, 3.8) is 0 Å². The number of rotatable bonds is 4. The van der Waals surface area contributed by atoms with Crippen LogP contribution in [-0.4, -0.2) is 28.5 Å². The van der Waals surface area contributed by atoms with Crippen molar-refractivity contribution in [3.8, 4) is 0 Å². The number of ether oxygens (including phenoxy) is 1. The Hall–Kier alpha value is -2.76. The van der Waals surface area contributed by atoms with Gasteiger partial charge in [0.25, 0.3) is 5.91 Å². The maximum atomic E-state index is 12.2. The number of hydrogen-bond donors (Lipinski definition) is 1. The number of anilines is 1. The summed E-state index contributed by atoms with van der Waals surface area (Å²) in [4.78, 5) is 31.9. The second kappa shape index (κ2) is 6.80. The summed E-state index contributed by atoms with van der Waals surface area (Å²) in [5.74, 6) is -0.0580. The van der Waals surface area contributed by atoms with Crippen LogP contribution in [0.1, 0.15) is 39.2 Å². The molecule has 0 saturated carbocycles. The number of benzene rings is 1. The highest BCUT2D eigenvalue weighted by Gasteiger charge is 2.12. The number of amides is 1. The van der Waals surface area contributed by atoms with Gasteiger partial charge in [0, 0.05) is 11.9 Å². The summed E-state index contributed by atoms with van der Waals surface area (Å²) in [6.45, 7) is 5.60. The van der Waals surface area contributed by atoms with Crippen LogP contribution < -0.4 is 5.32 Å². The molecule has 0 radical (unpaired) electrons. The minimum absolute atomic E-state index is 0.290. The molecule has 1 amide bonds. The zero-order valence-electron chi connectivity index (χ0n) is 12.7. The van der Waals surface area contributed by atoms with Crippen LogP contribution in [0.25, 0.3) is 0 Å². The Bertz CT molecular complexity index is 696. The van der Waals surface area contributed by atoms with Gasteiger partial charge in [0.15, 0.2) is 0 Å². The lowest BCUT2D eigenvalue weighted by Gasteiger charge is -2.08.